The molecule has 6 fully saturated rings. The second-order valence-corrected chi connectivity index (χ2v) is 23.6. The first-order chi connectivity index (χ1) is 39.9. The number of aliphatic hydroxyl groups is 3. The summed E-state index contributed by atoms with van der Waals surface area (Å²) in [7, 11) is 1.51. The molecule has 15 heteroatoms. The number of fused-ring (bicyclic) bond motifs is 4. The first kappa shape index (κ1) is 56.9. The molecular formula is C67H77FN4O10. The lowest BCUT2D eigenvalue weighted by atomic mass is 10.0. The Hall–Kier alpha value is -6.98. The summed E-state index contributed by atoms with van der Waals surface area (Å²) in [4.78, 5) is 11.1. The highest BCUT2D eigenvalue weighted by atomic mass is 19.1. The molecule has 13 rings (SSSR count). The number of methoxy groups -OCH3 is 1. The van der Waals surface area contributed by atoms with Crippen molar-refractivity contribution in [2.75, 3.05) is 66.0 Å². The highest BCUT2D eigenvalue weighted by Gasteiger charge is 2.45. The molecule has 432 valence electrons. The third-order valence-corrected chi connectivity index (χ3v) is 17.8. The summed E-state index contributed by atoms with van der Waals surface area (Å²) >= 11 is 0. The first-order valence-corrected chi connectivity index (χ1v) is 29.2. The Morgan fingerprint density at radius 3 is 1.41 bits per heavy atom. The maximum absolute atomic E-state index is 14.1. The third-order valence-electron chi connectivity index (χ3n) is 17.8. The number of ether oxygens (including phenoxy) is 4. The highest BCUT2D eigenvalue weighted by molar-refractivity contribution is 5.88. The fraction of sp³-hybridized carbons (Fsp3) is 0.418. The van der Waals surface area contributed by atoms with Gasteiger partial charge in [0, 0.05) is 64.3 Å². The van der Waals surface area contributed by atoms with E-state index >= 15 is 0 Å². The molecule has 82 heavy (non-hydrogen) atoms. The van der Waals surface area contributed by atoms with Crippen molar-refractivity contribution < 1.29 is 54.0 Å². The van der Waals surface area contributed by atoms with Gasteiger partial charge in [0.15, 0.2) is 17.3 Å². The fourth-order valence-corrected chi connectivity index (χ4v) is 13.9. The number of phenolic OH excluding ortho intramolecular Hbond substituents is 2. The smallest absolute Gasteiger partial charge is 0.197 e. The van der Waals surface area contributed by atoms with Gasteiger partial charge in [-0.1, -0.05) is 84.9 Å². The van der Waals surface area contributed by atoms with Crippen molar-refractivity contribution in [3.8, 4) is 40.2 Å². The Bertz CT molecular complexity index is 3110. The lowest BCUT2D eigenvalue weighted by Crippen LogP contribution is -2.29. The van der Waals surface area contributed by atoms with Crippen LogP contribution in [-0.4, -0.2) is 135 Å². The van der Waals surface area contributed by atoms with Gasteiger partial charge in [-0.25, -0.2) is 4.39 Å². The van der Waals surface area contributed by atoms with Crippen molar-refractivity contribution in [2.24, 2.45) is 35.5 Å². The number of aromatic nitrogens is 1. The predicted molar refractivity (Wildman–Crippen MR) is 312 cm³/mol. The van der Waals surface area contributed by atoms with E-state index in [4.69, 9.17) is 18.9 Å². The molecule has 3 aliphatic carbocycles. The van der Waals surface area contributed by atoms with E-state index in [1.54, 1.807) is 66.7 Å². The SMILES string of the molecule is COc1cccc(F)c1OC1C[C@@H]2CN(CC(O)c3ccc(O)cn3)C[C@@H]2C1.Oc1ccc(C(O)CN2C[C@H]3CC(Oc4cccc5ccccc45)C[C@H]3C2)cc1.Oc1ccc(C(O)CN2C[C@H]3CC(Oc4ccccc4)C[C@H]3C2)cc1. The molecule has 0 radical (unpaired) electrons. The van der Waals surface area contributed by atoms with Gasteiger partial charge in [0.1, 0.15) is 34.9 Å². The first-order valence-electron chi connectivity index (χ1n) is 29.2. The topological polar surface area (TPSA) is 181 Å². The number of aromatic hydroxyl groups is 3. The van der Waals surface area contributed by atoms with Crippen LogP contribution in [0.4, 0.5) is 4.39 Å². The normalized spacial score (nSPS) is 25.9. The lowest BCUT2D eigenvalue weighted by Gasteiger charge is -2.23. The van der Waals surface area contributed by atoms with Crippen molar-refractivity contribution in [1.82, 2.24) is 19.7 Å². The molecule has 3 saturated carbocycles. The molecule has 1 aromatic heterocycles. The zero-order valence-corrected chi connectivity index (χ0v) is 46.5. The minimum absolute atomic E-state index is 0.0216. The third kappa shape index (κ3) is 14.1. The van der Waals surface area contributed by atoms with E-state index < -0.39 is 24.1 Å². The molecule has 6 N–H and O–H groups in total. The summed E-state index contributed by atoms with van der Waals surface area (Å²) < 4.78 is 37.8. The molecule has 7 aromatic rings. The van der Waals surface area contributed by atoms with Crippen molar-refractivity contribution >= 4 is 10.8 Å². The lowest BCUT2D eigenvalue weighted by molar-refractivity contribution is 0.112. The molecule has 0 bridgehead atoms. The fourth-order valence-electron chi connectivity index (χ4n) is 13.9. The van der Waals surface area contributed by atoms with Crippen LogP contribution in [0.15, 0.2) is 158 Å². The minimum atomic E-state index is -0.686. The average molecular weight is 1120 g/mol. The van der Waals surface area contributed by atoms with Crippen LogP contribution in [0.5, 0.6) is 40.2 Å². The summed E-state index contributed by atoms with van der Waals surface area (Å²) in [5, 5.41) is 61.9. The Morgan fingerprint density at radius 1 is 0.463 bits per heavy atom. The quantitative estimate of drug-likeness (QED) is 0.0538. The standard InChI is InChI=1S/C25H27NO3.C21H25FN2O4.C21H25NO3/c27-21-10-8-18(9-11-21)24(28)16-26-14-19-12-22(13-20(19)15-26)29-25-7-3-5-17-4-1-2-6-23(17)25;1-27-20-4-2-3-17(22)21(20)28-16-7-13-10-24(11-14(13)8-16)12-19(26)18-6-5-15(25)9-23-18;23-18-8-6-15(7-9-18)21(24)14-22-12-16-10-20(11-17(16)13-22)25-19-4-2-1-3-5-19/h1-11,19-20,22,24,27-28H,12-16H2;2-6,9,13-14,16,19,25-26H,7-8,10-12H2,1H3;1-9,16-17,20-21,23-24H,10-14H2/t19-,20+,22?,24?;13-,14+,16?,19?;16-,17+,20?,21?. The van der Waals surface area contributed by atoms with Crippen LogP contribution in [-0.2, 0) is 0 Å². The van der Waals surface area contributed by atoms with Crippen LogP contribution in [0.1, 0.15) is 73.7 Å². The van der Waals surface area contributed by atoms with Gasteiger partial charge in [0.2, 0.25) is 0 Å². The Labute approximate surface area is 479 Å². The Balaban J connectivity index is 0.000000129. The molecule has 12 atom stereocenters. The number of para-hydroxylation sites is 2. The monoisotopic (exact) mass is 1120 g/mol. The second-order valence-electron chi connectivity index (χ2n) is 23.6. The Kier molecular flexibility index (Phi) is 18.1. The van der Waals surface area contributed by atoms with Gasteiger partial charge >= 0.3 is 0 Å². The van der Waals surface area contributed by atoms with E-state index in [9.17, 15) is 35.0 Å². The molecule has 6 unspecified atom stereocenters. The molecule has 4 heterocycles. The van der Waals surface area contributed by atoms with Gasteiger partial charge in [0.25, 0.3) is 0 Å². The number of halogens is 1. The molecule has 6 aliphatic rings. The van der Waals surface area contributed by atoms with Gasteiger partial charge in [-0.3, -0.25) is 19.7 Å². The van der Waals surface area contributed by atoms with E-state index in [-0.39, 0.29) is 35.2 Å². The molecule has 0 amide bonds. The van der Waals surface area contributed by atoms with Gasteiger partial charge in [-0.2, -0.15) is 0 Å². The van der Waals surface area contributed by atoms with Crippen molar-refractivity contribution in [3.63, 3.8) is 0 Å². The summed E-state index contributed by atoms with van der Waals surface area (Å²) in [6.07, 6.45) is 6.32. The number of likely N-dealkylation sites (tertiary alicyclic amines) is 3. The summed E-state index contributed by atoms with van der Waals surface area (Å²) in [6, 6.07) is 46.3. The number of phenols is 2. The van der Waals surface area contributed by atoms with Crippen molar-refractivity contribution in [3.05, 3.63) is 180 Å². The van der Waals surface area contributed by atoms with Crippen molar-refractivity contribution in [1.29, 1.82) is 0 Å². The second kappa shape index (κ2) is 26.1. The summed E-state index contributed by atoms with van der Waals surface area (Å²) in [5.41, 5.74) is 2.28. The van der Waals surface area contributed by atoms with Gasteiger partial charge in [-0.05, 0) is 157 Å². The number of β-amino-alcohol motifs (C(OH)–C–C–N with tert-alkyl or cyclic N) is 3. The van der Waals surface area contributed by atoms with Crippen LogP contribution in [0, 0.1) is 41.3 Å². The zero-order valence-electron chi connectivity index (χ0n) is 46.5. The number of hydrogen-bond donors (Lipinski definition) is 6. The number of aliphatic hydroxyl groups excluding tert-OH is 3. The van der Waals surface area contributed by atoms with Crippen LogP contribution in [0.25, 0.3) is 10.8 Å². The van der Waals surface area contributed by atoms with Crippen LogP contribution >= 0.6 is 0 Å². The van der Waals surface area contributed by atoms with Gasteiger partial charge < -0.3 is 49.6 Å². The average Bonchev–Trinajstić information content (AvgIpc) is 4.38. The predicted octanol–water partition coefficient (Wildman–Crippen LogP) is 10.3. The molecule has 0 spiro atoms. The number of rotatable bonds is 16. The van der Waals surface area contributed by atoms with Crippen LogP contribution < -0.4 is 18.9 Å². The van der Waals surface area contributed by atoms with E-state index in [1.807, 2.05) is 30.3 Å². The summed E-state index contributed by atoms with van der Waals surface area (Å²) in [5.74, 6) is 6.29. The molecule has 14 nitrogen and oxygen atoms in total. The molecular weight excluding hydrogens is 1040 g/mol. The highest BCUT2D eigenvalue weighted by Crippen LogP contribution is 2.44. The zero-order chi connectivity index (χ0) is 56.7. The van der Waals surface area contributed by atoms with Crippen LogP contribution in [0.2, 0.25) is 0 Å². The van der Waals surface area contributed by atoms with E-state index in [0.717, 1.165) is 100 Å². The van der Waals surface area contributed by atoms with Gasteiger partial charge in [0.05, 0.1) is 49.5 Å². The Morgan fingerprint density at radius 2 is 0.902 bits per heavy atom. The van der Waals surface area contributed by atoms with E-state index in [2.05, 4.69) is 62.1 Å². The van der Waals surface area contributed by atoms with E-state index in [0.29, 0.717) is 72.7 Å². The molecule has 3 aliphatic heterocycles. The van der Waals surface area contributed by atoms with Gasteiger partial charge in [-0.15, -0.1) is 0 Å². The maximum atomic E-state index is 14.1. The molecule has 3 saturated heterocycles. The number of nitrogens with zero attached hydrogens (tertiary/aromatic N) is 4. The molecule has 6 aromatic carbocycles. The summed E-state index contributed by atoms with van der Waals surface area (Å²) in [6.45, 7) is 7.70. The van der Waals surface area contributed by atoms with E-state index in [1.165, 1.54) is 36.2 Å². The number of pyridine rings is 1. The maximum Gasteiger partial charge on any atom is 0.197 e. The van der Waals surface area contributed by atoms with Crippen LogP contribution in [0.3, 0.4) is 0 Å². The largest absolute Gasteiger partial charge is 0.508 e. The number of hydrogen-bond acceptors (Lipinski definition) is 14. The van der Waals surface area contributed by atoms with Crippen molar-refractivity contribution in [2.45, 2.75) is 75.1 Å². The number of benzene rings is 6. The minimum Gasteiger partial charge on any atom is -0.508 e.